The molecule has 0 N–H and O–H groups in total. The highest BCUT2D eigenvalue weighted by atomic mass is 79.9. The lowest BCUT2D eigenvalue weighted by atomic mass is 10.0. The molecule has 2 aliphatic heterocycles. The minimum absolute atomic E-state index is 0.855. The Kier molecular flexibility index (Phi) is 15.1. The highest BCUT2D eigenvalue weighted by molar-refractivity contribution is 9.10. The van der Waals surface area contributed by atoms with Crippen molar-refractivity contribution < 1.29 is 18.3 Å². The van der Waals surface area contributed by atoms with Gasteiger partial charge in [-0.05, 0) is 119 Å². The molecule has 496 valence electrons. The number of hydrogen-bond donors (Lipinski definition) is 0. The fourth-order valence-corrected chi connectivity index (χ4v) is 27.9. The third kappa shape index (κ3) is 9.78. The van der Waals surface area contributed by atoms with Crippen molar-refractivity contribution in [2.75, 3.05) is 0 Å². The van der Waals surface area contributed by atoms with Crippen LogP contribution in [0.2, 0.25) is 0 Å². The van der Waals surface area contributed by atoms with Crippen LogP contribution in [0.25, 0.3) is 105 Å². The van der Waals surface area contributed by atoms with Crippen molar-refractivity contribution in [3.63, 3.8) is 0 Å². The summed E-state index contributed by atoms with van der Waals surface area (Å²) in [6, 6.07) is 135. The van der Waals surface area contributed by atoms with Gasteiger partial charge in [-0.3, -0.25) is 0 Å². The molecule has 8 heteroatoms. The summed E-state index contributed by atoms with van der Waals surface area (Å²) in [4.78, 5) is 0. The molecule has 0 atom stereocenters. The third-order valence-corrected chi connectivity index (χ3v) is 32.1. The van der Waals surface area contributed by atoms with Crippen molar-refractivity contribution >= 4 is 139 Å². The topological polar surface area (TPSA) is 49.7 Å². The number of aromatic nitrogens is 1. The number of rotatable bonds is 7. The number of halogens is 1. The van der Waals surface area contributed by atoms with Crippen LogP contribution in [0, 0.1) is 0 Å². The van der Waals surface area contributed by atoms with E-state index in [-0.39, 0.29) is 0 Å². The van der Waals surface area contributed by atoms with Gasteiger partial charge in [0.05, 0.1) is 22.1 Å². The highest BCUT2D eigenvalue weighted by Gasteiger charge is 2.50. The van der Waals surface area contributed by atoms with Crippen molar-refractivity contribution in [1.82, 2.24) is 4.57 Å². The van der Waals surface area contributed by atoms with E-state index in [2.05, 4.69) is 384 Å². The zero-order valence-electron chi connectivity index (χ0n) is 57.0. The van der Waals surface area contributed by atoms with Crippen LogP contribution < -0.4 is 51.0 Å². The lowest BCUT2D eigenvalue weighted by Crippen LogP contribution is -2.76. The molecule has 0 fully saturated rings. The van der Waals surface area contributed by atoms with E-state index < -0.39 is 16.1 Å². The second kappa shape index (κ2) is 25.4. The molecular weight excluding hydrogens is 1380 g/mol. The molecule has 5 nitrogen and oxygen atoms in total. The van der Waals surface area contributed by atoms with E-state index in [4.69, 9.17) is 18.3 Å². The minimum atomic E-state index is -2.80. The predicted molar refractivity (Wildman–Crippen MR) is 442 cm³/mol. The second-order valence-electron chi connectivity index (χ2n) is 27.2. The quantitative estimate of drug-likeness (QED) is 0.149. The normalized spacial score (nSPS) is 13.3. The molecule has 0 unspecified atom stereocenters. The Balaban J connectivity index is 0.000000121. The van der Waals surface area contributed by atoms with Crippen LogP contribution in [0.15, 0.2) is 389 Å². The van der Waals surface area contributed by atoms with E-state index in [9.17, 15) is 0 Å². The molecule has 105 heavy (non-hydrogen) atoms. The Labute approximate surface area is 617 Å². The van der Waals surface area contributed by atoms with E-state index >= 15 is 0 Å². The maximum absolute atomic E-state index is 7.05. The summed E-state index contributed by atoms with van der Waals surface area (Å²) in [5.74, 6) is 3.64. The summed E-state index contributed by atoms with van der Waals surface area (Å²) >= 11 is 3.74. The second-order valence-corrected chi connectivity index (χ2v) is 35.5. The smallest absolute Gasteiger partial charge is 0.188 e. The number of nitrogens with zero attached hydrogens (tertiary/aromatic N) is 1. The van der Waals surface area contributed by atoms with Gasteiger partial charge in [0.15, 0.2) is 16.1 Å². The van der Waals surface area contributed by atoms with E-state index in [1.54, 1.807) is 0 Å². The molecule has 3 aromatic heterocycles. The lowest BCUT2D eigenvalue weighted by Gasteiger charge is -2.40. The van der Waals surface area contributed by atoms with Crippen LogP contribution >= 0.6 is 15.9 Å². The van der Waals surface area contributed by atoms with Crippen LogP contribution in [-0.4, -0.2) is 20.7 Å². The van der Waals surface area contributed by atoms with Crippen molar-refractivity contribution in [2.24, 2.45) is 0 Å². The number of fused-ring (bicyclic) bond motifs is 16. The molecule has 3 aliphatic rings. The Bertz CT molecular complexity index is 6430. The number of para-hydroxylation sites is 8. The van der Waals surface area contributed by atoms with Crippen LogP contribution in [0.4, 0.5) is 0 Å². The SMILES string of the molecule is Brc1cccc2oc3c(-c4cccc5c4Oc4ccccc4[Si]5(c4ccccc4)c4ccccc4)cccc3c12.c1ccc([Si]2(c3ccccc3)c3ccccc3Oc3c(-c4cccc5c4oc4cccc(-n6c7ccccc7c7ccccc76)c45)cccc32)cc1.c1ccc2c(c1)Cc1ccccc1-2. The number of furan rings is 2. The average Bonchev–Trinajstić information content (AvgIpc) is 1.17. The zero-order valence-corrected chi connectivity index (χ0v) is 60.5. The summed E-state index contributed by atoms with van der Waals surface area (Å²) < 4.78 is 30.8. The molecule has 0 bridgehead atoms. The van der Waals surface area contributed by atoms with Crippen molar-refractivity contribution in [3.05, 3.63) is 392 Å². The van der Waals surface area contributed by atoms with Crippen molar-refractivity contribution in [2.45, 2.75) is 6.42 Å². The van der Waals surface area contributed by atoms with Gasteiger partial charge in [0.1, 0.15) is 45.3 Å². The maximum atomic E-state index is 7.05. The predicted octanol–water partition coefficient (Wildman–Crippen LogP) is 20.6. The van der Waals surface area contributed by atoms with Gasteiger partial charge in [0, 0.05) is 53.7 Å². The molecular formula is C97H64BrNO4Si2. The Morgan fingerprint density at radius 2 is 0.610 bits per heavy atom. The lowest BCUT2D eigenvalue weighted by molar-refractivity contribution is 0.488. The van der Waals surface area contributed by atoms with Gasteiger partial charge >= 0.3 is 0 Å². The minimum Gasteiger partial charge on any atom is -0.457 e. The monoisotopic (exact) mass is 1440 g/mol. The van der Waals surface area contributed by atoms with Crippen LogP contribution in [0.5, 0.6) is 23.0 Å². The molecule has 19 aromatic rings. The summed E-state index contributed by atoms with van der Waals surface area (Å²) in [6.07, 6.45) is 1.10. The van der Waals surface area contributed by atoms with E-state index in [0.717, 1.165) is 106 Å². The third-order valence-electron chi connectivity index (χ3n) is 21.8. The van der Waals surface area contributed by atoms with Gasteiger partial charge in [0.25, 0.3) is 0 Å². The first kappa shape index (κ1) is 62.2. The van der Waals surface area contributed by atoms with E-state index in [1.165, 1.54) is 85.6 Å². The highest BCUT2D eigenvalue weighted by Crippen LogP contribution is 2.47. The average molecular weight is 1440 g/mol. The Morgan fingerprint density at radius 3 is 1.10 bits per heavy atom. The standard InChI is InChI=1S/C48H31NO2Si.C36H23BrO2Si.C13H10/c1-3-16-32(17-4-1)52(33-18-5-2-6-19-33)44-30-12-11-28-42(44)50-48-37(23-14-31-45(48)52)36-22-13-24-38-46-41(27-15-29-43(46)51-47(36)38)49-39-25-9-7-20-34(39)35-21-8-10-26-40(35)49;37-29-19-11-21-31-34(29)28-18-9-16-26(35(28)39-31)27-17-10-23-33-36(27)38-30-20-7-8-22-32(30)40(33,24-12-3-1-4-13-24)25-14-5-2-6-15-25;1-3-7-12-10(5-1)9-11-6-2-4-8-13(11)12/h1-31H;1-23H;1-8H,9H2. The number of ether oxygens (including phenoxy) is 2. The molecule has 16 aromatic carbocycles. The fourth-order valence-electron chi connectivity index (χ4n) is 17.4. The van der Waals surface area contributed by atoms with Crippen molar-refractivity contribution in [1.29, 1.82) is 0 Å². The Morgan fingerprint density at radius 1 is 0.267 bits per heavy atom. The molecule has 22 rings (SSSR count). The summed E-state index contributed by atoms with van der Waals surface area (Å²) in [5.41, 5.74) is 16.8. The summed E-state index contributed by atoms with van der Waals surface area (Å²) in [5, 5.41) is 17.2. The molecule has 0 radical (unpaired) electrons. The summed E-state index contributed by atoms with van der Waals surface area (Å²) in [6.45, 7) is 0. The van der Waals surface area contributed by atoms with Gasteiger partial charge in [-0.1, -0.05) is 344 Å². The van der Waals surface area contributed by atoms with Crippen LogP contribution in [-0.2, 0) is 6.42 Å². The van der Waals surface area contributed by atoms with E-state index in [1.807, 2.05) is 12.1 Å². The first-order valence-corrected chi connectivity index (χ1v) is 40.6. The van der Waals surface area contributed by atoms with Gasteiger partial charge in [-0.25, -0.2) is 0 Å². The molecule has 5 heterocycles. The molecule has 0 saturated carbocycles. The number of hydrogen-bond acceptors (Lipinski definition) is 4. The maximum Gasteiger partial charge on any atom is 0.188 e. The van der Waals surface area contributed by atoms with Gasteiger partial charge < -0.3 is 22.9 Å². The Hall–Kier alpha value is -12.6. The zero-order chi connectivity index (χ0) is 69.6. The van der Waals surface area contributed by atoms with Crippen LogP contribution in [0.3, 0.4) is 0 Å². The van der Waals surface area contributed by atoms with Crippen LogP contribution in [0.1, 0.15) is 11.1 Å². The molecule has 0 amide bonds. The van der Waals surface area contributed by atoms with Gasteiger partial charge in [0.2, 0.25) is 0 Å². The largest absolute Gasteiger partial charge is 0.457 e. The first-order valence-electron chi connectivity index (χ1n) is 35.8. The fraction of sp³-hybridized carbons (Fsp3) is 0.0103. The van der Waals surface area contributed by atoms with E-state index in [0.29, 0.717) is 0 Å². The molecule has 0 saturated heterocycles. The molecule has 0 spiro atoms. The number of benzene rings is 16. The van der Waals surface area contributed by atoms with Gasteiger partial charge in [-0.2, -0.15) is 0 Å². The van der Waals surface area contributed by atoms with Crippen molar-refractivity contribution in [3.8, 4) is 62.1 Å². The molecule has 1 aliphatic carbocycles. The first-order chi connectivity index (χ1) is 52.0. The summed E-state index contributed by atoms with van der Waals surface area (Å²) in [7, 11) is -5.51. The van der Waals surface area contributed by atoms with Gasteiger partial charge in [-0.15, -0.1) is 0 Å².